The summed E-state index contributed by atoms with van der Waals surface area (Å²) < 4.78 is 33.5. The lowest BCUT2D eigenvalue weighted by Crippen LogP contribution is -2.67. The number of hydrogen-bond donors (Lipinski definition) is 3. The summed E-state index contributed by atoms with van der Waals surface area (Å²) in [6.07, 6.45) is 4.23. The summed E-state index contributed by atoms with van der Waals surface area (Å²) in [5, 5.41) is 10.3. The highest BCUT2D eigenvalue weighted by atomic mass is 19.3. The lowest BCUT2D eigenvalue weighted by Gasteiger charge is -2.37. The fourth-order valence-corrected chi connectivity index (χ4v) is 3.46. The standard InChI is InChI=1S/C19H26F2N2O4/c20-18(21,17(22)25)19(23,26)15(11-13-7-3-1-4-8-13)16(24)27-12-14-9-5-2-6-10-14/h2,5-6,9-10,13,15,26H,1,3-4,7-8,11-12,23H2,(H2,22,25). The molecule has 2 atom stereocenters. The van der Waals surface area contributed by atoms with Crippen LogP contribution in [0.2, 0.25) is 0 Å². The maximum Gasteiger partial charge on any atom is 0.365 e. The van der Waals surface area contributed by atoms with Crippen molar-refractivity contribution in [3.63, 3.8) is 0 Å². The highest BCUT2D eigenvalue weighted by Gasteiger charge is 2.62. The molecule has 150 valence electrons. The van der Waals surface area contributed by atoms with E-state index >= 15 is 0 Å². The van der Waals surface area contributed by atoms with E-state index < -0.39 is 29.4 Å². The molecule has 1 aliphatic carbocycles. The average Bonchev–Trinajstić information content (AvgIpc) is 2.65. The van der Waals surface area contributed by atoms with Gasteiger partial charge < -0.3 is 15.6 Å². The van der Waals surface area contributed by atoms with Crippen molar-refractivity contribution in [1.82, 2.24) is 0 Å². The van der Waals surface area contributed by atoms with E-state index in [-0.39, 0.29) is 18.9 Å². The van der Waals surface area contributed by atoms with Crippen LogP contribution < -0.4 is 11.5 Å². The highest BCUT2D eigenvalue weighted by molar-refractivity contribution is 5.85. The summed E-state index contributed by atoms with van der Waals surface area (Å²) in [7, 11) is 0. The first-order chi connectivity index (χ1) is 12.7. The molecule has 1 aromatic rings. The molecule has 1 saturated carbocycles. The molecular weight excluding hydrogens is 358 g/mol. The Bertz CT molecular complexity index is 646. The Morgan fingerprint density at radius 3 is 2.33 bits per heavy atom. The summed E-state index contributed by atoms with van der Waals surface area (Å²) in [5.74, 6) is -9.47. The van der Waals surface area contributed by atoms with E-state index in [1.807, 2.05) is 0 Å². The van der Waals surface area contributed by atoms with Crippen molar-refractivity contribution < 1.29 is 28.2 Å². The molecule has 0 saturated heterocycles. The molecule has 0 bridgehead atoms. The van der Waals surface area contributed by atoms with Gasteiger partial charge in [0.05, 0.1) is 0 Å². The van der Waals surface area contributed by atoms with Gasteiger partial charge in [-0.1, -0.05) is 62.4 Å². The largest absolute Gasteiger partial charge is 0.460 e. The predicted octanol–water partition coefficient (Wildman–Crippen LogP) is 2.08. The summed E-state index contributed by atoms with van der Waals surface area (Å²) in [6.45, 7) is -0.154. The Morgan fingerprint density at radius 2 is 1.78 bits per heavy atom. The van der Waals surface area contributed by atoms with E-state index in [9.17, 15) is 23.5 Å². The lowest BCUT2D eigenvalue weighted by atomic mass is 9.77. The molecule has 5 N–H and O–H groups in total. The van der Waals surface area contributed by atoms with Crippen molar-refractivity contribution >= 4 is 11.9 Å². The number of alkyl halides is 2. The van der Waals surface area contributed by atoms with Gasteiger partial charge in [0.15, 0.2) is 0 Å². The number of esters is 1. The number of primary amides is 1. The van der Waals surface area contributed by atoms with E-state index in [1.54, 1.807) is 30.3 Å². The van der Waals surface area contributed by atoms with Crippen molar-refractivity contribution in [3.05, 3.63) is 35.9 Å². The fraction of sp³-hybridized carbons (Fsp3) is 0.579. The van der Waals surface area contributed by atoms with Crippen molar-refractivity contribution in [1.29, 1.82) is 0 Å². The van der Waals surface area contributed by atoms with Crippen molar-refractivity contribution in [2.45, 2.75) is 56.8 Å². The number of ether oxygens (including phenoxy) is 1. The molecule has 0 heterocycles. The zero-order valence-electron chi connectivity index (χ0n) is 15.1. The van der Waals surface area contributed by atoms with Gasteiger partial charge in [0.25, 0.3) is 5.91 Å². The molecule has 1 aliphatic rings. The summed E-state index contributed by atoms with van der Waals surface area (Å²) in [5.41, 5.74) is 7.37. The van der Waals surface area contributed by atoms with Crippen molar-refractivity contribution in [2.24, 2.45) is 23.3 Å². The Kier molecular flexibility index (Phi) is 6.89. The number of rotatable bonds is 8. The van der Waals surface area contributed by atoms with Crippen LogP contribution in [0, 0.1) is 11.8 Å². The van der Waals surface area contributed by atoms with E-state index in [1.165, 1.54) is 0 Å². The van der Waals surface area contributed by atoms with Crippen LogP contribution in [0.3, 0.4) is 0 Å². The van der Waals surface area contributed by atoms with Crippen LogP contribution in [0.1, 0.15) is 44.1 Å². The maximum atomic E-state index is 14.2. The second kappa shape index (κ2) is 8.75. The van der Waals surface area contributed by atoms with Gasteiger partial charge in [-0.05, 0) is 17.9 Å². The van der Waals surface area contributed by atoms with Gasteiger partial charge >= 0.3 is 11.9 Å². The topological polar surface area (TPSA) is 116 Å². The second-order valence-corrected chi connectivity index (χ2v) is 7.15. The molecule has 0 aliphatic heterocycles. The molecule has 0 aromatic heterocycles. The van der Waals surface area contributed by atoms with E-state index in [0.717, 1.165) is 32.1 Å². The van der Waals surface area contributed by atoms with E-state index in [0.29, 0.717) is 5.56 Å². The van der Waals surface area contributed by atoms with Crippen LogP contribution in [0.25, 0.3) is 0 Å². The van der Waals surface area contributed by atoms with Gasteiger partial charge in [0, 0.05) is 0 Å². The molecule has 6 nitrogen and oxygen atoms in total. The summed E-state index contributed by atoms with van der Waals surface area (Å²) >= 11 is 0. The first kappa shape index (κ1) is 21.2. The predicted molar refractivity (Wildman–Crippen MR) is 94.2 cm³/mol. The highest BCUT2D eigenvalue weighted by Crippen LogP contribution is 2.38. The number of carbonyl (C=O) groups is 2. The third-order valence-electron chi connectivity index (χ3n) is 5.15. The van der Waals surface area contributed by atoms with Crippen molar-refractivity contribution in [3.8, 4) is 0 Å². The van der Waals surface area contributed by atoms with Gasteiger partial charge in [-0.2, -0.15) is 8.78 Å². The second-order valence-electron chi connectivity index (χ2n) is 7.15. The number of carbonyl (C=O) groups excluding carboxylic acids is 2. The maximum absolute atomic E-state index is 14.2. The molecule has 1 aromatic carbocycles. The number of amides is 1. The molecule has 2 rings (SSSR count). The van der Waals surface area contributed by atoms with Crippen LogP contribution in [0.15, 0.2) is 30.3 Å². The molecule has 8 heteroatoms. The van der Waals surface area contributed by atoms with Gasteiger partial charge in [-0.25, -0.2) is 0 Å². The quantitative estimate of drug-likeness (QED) is 0.469. The SMILES string of the molecule is NC(=O)C(F)(F)C(N)(O)C(CC1CCCCC1)C(=O)OCc1ccccc1. The monoisotopic (exact) mass is 384 g/mol. The molecule has 27 heavy (non-hydrogen) atoms. The number of aliphatic hydroxyl groups is 1. The third-order valence-corrected chi connectivity index (χ3v) is 5.15. The number of benzene rings is 1. The minimum absolute atomic E-state index is 0.0632. The van der Waals surface area contributed by atoms with Crippen molar-refractivity contribution in [2.75, 3.05) is 0 Å². The normalized spacial score (nSPS) is 19.1. The molecule has 1 fully saturated rings. The lowest BCUT2D eigenvalue weighted by molar-refractivity contribution is -0.215. The van der Waals surface area contributed by atoms with E-state index in [2.05, 4.69) is 0 Å². The summed E-state index contributed by atoms with van der Waals surface area (Å²) in [4.78, 5) is 23.7. The number of halogens is 2. The van der Waals surface area contributed by atoms with E-state index in [4.69, 9.17) is 16.2 Å². The first-order valence-corrected chi connectivity index (χ1v) is 9.05. The van der Waals surface area contributed by atoms with Crippen LogP contribution in [-0.4, -0.2) is 28.6 Å². The number of nitrogens with two attached hydrogens (primary N) is 2. The molecule has 1 amide bonds. The molecule has 0 spiro atoms. The van der Waals surface area contributed by atoms with Crippen LogP contribution in [0.4, 0.5) is 8.78 Å². The van der Waals surface area contributed by atoms with Gasteiger partial charge in [-0.15, -0.1) is 0 Å². The minimum atomic E-state index is -4.47. The van der Waals surface area contributed by atoms with Crippen LogP contribution in [0.5, 0.6) is 0 Å². The van der Waals surface area contributed by atoms with Gasteiger partial charge in [0.2, 0.25) is 5.72 Å². The first-order valence-electron chi connectivity index (χ1n) is 9.05. The van der Waals surface area contributed by atoms with Gasteiger partial charge in [0.1, 0.15) is 12.5 Å². The molecule has 2 unspecified atom stereocenters. The van der Waals surface area contributed by atoms with Crippen LogP contribution >= 0.6 is 0 Å². The zero-order chi connectivity index (χ0) is 20.1. The smallest absolute Gasteiger partial charge is 0.365 e. The Morgan fingerprint density at radius 1 is 1.19 bits per heavy atom. The van der Waals surface area contributed by atoms with Gasteiger partial charge in [-0.3, -0.25) is 15.3 Å². The average molecular weight is 384 g/mol. The fourth-order valence-electron chi connectivity index (χ4n) is 3.46. The third kappa shape index (κ3) is 5.01. The Hall–Kier alpha value is -2.06. The minimum Gasteiger partial charge on any atom is -0.460 e. The Balaban J connectivity index is 2.19. The molecular formula is C19H26F2N2O4. The molecule has 0 radical (unpaired) electrons. The van der Waals surface area contributed by atoms with Crippen LogP contribution in [-0.2, 0) is 20.9 Å². The Labute approximate surface area is 156 Å². The summed E-state index contributed by atoms with van der Waals surface area (Å²) in [6, 6.07) is 8.67. The zero-order valence-corrected chi connectivity index (χ0v) is 15.1. The number of hydrogen-bond acceptors (Lipinski definition) is 5.